The Morgan fingerprint density at radius 2 is 2.05 bits per heavy atom. The maximum atomic E-state index is 13.3. The molecule has 7 heteroatoms. The van der Waals surface area contributed by atoms with Crippen LogP contribution in [0, 0.1) is 5.82 Å². The van der Waals surface area contributed by atoms with Crippen LogP contribution in [0.3, 0.4) is 0 Å². The first-order valence-electron chi connectivity index (χ1n) is 6.32. The molecule has 1 aromatic heterocycles. The van der Waals surface area contributed by atoms with Gasteiger partial charge in [-0.25, -0.2) is 9.18 Å². The van der Waals surface area contributed by atoms with E-state index in [9.17, 15) is 14.0 Å². The maximum absolute atomic E-state index is 13.3. The van der Waals surface area contributed by atoms with Gasteiger partial charge in [-0.2, -0.15) is 0 Å². The summed E-state index contributed by atoms with van der Waals surface area (Å²) in [5, 5.41) is 0. The molecular formula is C14H14FN3O2S. The summed E-state index contributed by atoms with van der Waals surface area (Å²) in [5.41, 5.74) is 5.56. The molecule has 0 aliphatic heterocycles. The number of rotatable bonds is 4. The second-order valence-corrected chi connectivity index (χ2v) is 4.91. The van der Waals surface area contributed by atoms with Gasteiger partial charge in [-0.1, -0.05) is 18.3 Å². The van der Waals surface area contributed by atoms with Crippen LogP contribution in [0.25, 0.3) is 0 Å². The third-order valence-corrected chi connectivity index (χ3v) is 3.37. The fourth-order valence-corrected chi connectivity index (χ4v) is 2.22. The zero-order chi connectivity index (χ0) is 15.6. The van der Waals surface area contributed by atoms with Gasteiger partial charge >= 0.3 is 5.69 Å². The fraction of sp³-hybridized carbons (Fsp3) is 0.214. The molecule has 1 aromatic carbocycles. The van der Waals surface area contributed by atoms with E-state index in [1.54, 1.807) is 6.92 Å². The van der Waals surface area contributed by atoms with Crippen molar-refractivity contribution in [2.75, 3.05) is 0 Å². The predicted molar refractivity (Wildman–Crippen MR) is 82.0 cm³/mol. The Labute approximate surface area is 125 Å². The third kappa shape index (κ3) is 3.08. The SMILES string of the molecule is CCn1ccc(=O)n(Cc2ccc(F)cc2C(N)=S)c1=O. The maximum Gasteiger partial charge on any atom is 0.331 e. The van der Waals surface area contributed by atoms with Crippen molar-refractivity contribution < 1.29 is 4.39 Å². The van der Waals surface area contributed by atoms with Crippen LogP contribution in [0.5, 0.6) is 0 Å². The van der Waals surface area contributed by atoms with Crippen molar-refractivity contribution >= 4 is 17.2 Å². The first kappa shape index (κ1) is 15.1. The van der Waals surface area contributed by atoms with Crippen LogP contribution in [0.1, 0.15) is 18.1 Å². The predicted octanol–water partition coefficient (Wildman–Crippen LogP) is 0.851. The van der Waals surface area contributed by atoms with Gasteiger partial charge in [0, 0.05) is 24.4 Å². The van der Waals surface area contributed by atoms with Crippen molar-refractivity contribution in [3.8, 4) is 0 Å². The highest BCUT2D eigenvalue weighted by molar-refractivity contribution is 7.80. The molecular weight excluding hydrogens is 293 g/mol. The van der Waals surface area contributed by atoms with Crippen molar-refractivity contribution in [3.05, 3.63) is 68.2 Å². The summed E-state index contributed by atoms with van der Waals surface area (Å²) >= 11 is 4.88. The number of aryl methyl sites for hydroxylation is 1. The van der Waals surface area contributed by atoms with Crippen molar-refractivity contribution in [3.63, 3.8) is 0 Å². The zero-order valence-corrected chi connectivity index (χ0v) is 12.2. The van der Waals surface area contributed by atoms with Gasteiger partial charge in [0.1, 0.15) is 10.8 Å². The number of aromatic nitrogens is 2. The molecule has 110 valence electrons. The number of hydrogen-bond acceptors (Lipinski definition) is 3. The van der Waals surface area contributed by atoms with Gasteiger partial charge in [-0.05, 0) is 24.6 Å². The van der Waals surface area contributed by atoms with E-state index in [2.05, 4.69) is 0 Å². The molecule has 0 bridgehead atoms. The summed E-state index contributed by atoms with van der Waals surface area (Å²) in [6.07, 6.45) is 1.44. The zero-order valence-electron chi connectivity index (χ0n) is 11.4. The molecule has 2 aromatic rings. The van der Waals surface area contributed by atoms with E-state index in [-0.39, 0.29) is 11.5 Å². The monoisotopic (exact) mass is 307 g/mol. The second kappa shape index (κ2) is 6.01. The van der Waals surface area contributed by atoms with E-state index in [0.717, 1.165) is 4.57 Å². The van der Waals surface area contributed by atoms with E-state index < -0.39 is 17.1 Å². The highest BCUT2D eigenvalue weighted by Crippen LogP contribution is 2.12. The van der Waals surface area contributed by atoms with Crippen LogP contribution < -0.4 is 17.0 Å². The van der Waals surface area contributed by atoms with Gasteiger partial charge in [0.15, 0.2) is 0 Å². The lowest BCUT2D eigenvalue weighted by atomic mass is 10.1. The van der Waals surface area contributed by atoms with Crippen molar-refractivity contribution in [2.24, 2.45) is 5.73 Å². The largest absolute Gasteiger partial charge is 0.389 e. The molecule has 21 heavy (non-hydrogen) atoms. The number of halogens is 1. The number of nitrogens with zero attached hydrogens (tertiary/aromatic N) is 2. The highest BCUT2D eigenvalue weighted by Gasteiger charge is 2.11. The normalized spacial score (nSPS) is 10.6. The molecule has 2 N–H and O–H groups in total. The quantitative estimate of drug-likeness (QED) is 0.850. The van der Waals surface area contributed by atoms with E-state index in [4.69, 9.17) is 18.0 Å². The van der Waals surface area contributed by atoms with Gasteiger partial charge in [0.05, 0.1) is 6.54 Å². The molecule has 0 amide bonds. The Balaban J connectivity index is 2.56. The molecule has 0 radical (unpaired) electrons. The molecule has 2 rings (SSSR count). The van der Waals surface area contributed by atoms with Crippen LogP contribution in [-0.2, 0) is 13.1 Å². The van der Waals surface area contributed by atoms with Crippen LogP contribution in [0.4, 0.5) is 4.39 Å². The first-order valence-corrected chi connectivity index (χ1v) is 6.73. The molecule has 0 unspecified atom stereocenters. The van der Waals surface area contributed by atoms with Gasteiger partial charge in [-0.3, -0.25) is 9.36 Å². The van der Waals surface area contributed by atoms with Crippen LogP contribution in [0.2, 0.25) is 0 Å². The average Bonchev–Trinajstić information content (AvgIpc) is 2.44. The minimum absolute atomic E-state index is 0.00847. The smallest absolute Gasteiger partial charge is 0.331 e. The van der Waals surface area contributed by atoms with Crippen LogP contribution in [0.15, 0.2) is 40.1 Å². The minimum atomic E-state index is -0.479. The lowest BCUT2D eigenvalue weighted by Crippen LogP contribution is -2.39. The van der Waals surface area contributed by atoms with Crippen LogP contribution >= 0.6 is 12.2 Å². The van der Waals surface area contributed by atoms with Gasteiger partial charge in [0.25, 0.3) is 5.56 Å². The molecule has 0 saturated heterocycles. The Kier molecular flexibility index (Phi) is 4.32. The molecule has 0 spiro atoms. The van der Waals surface area contributed by atoms with Gasteiger partial charge < -0.3 is 10.3 Å². The van der Waals surface area contributed by atoms with Gasteiger partial charge in [-0.15, -0.1) is 0 Å². The lowest BCUT2D eigenvalue weighted by molar-refractivity contribution is 0.597. The third-order valence-electron chi connectivity index (χ3n) is 3.15. The number of benzene rings is 1. The number of nitrogens with two attached hydrogens (primary N) is 1. The summed E-state index contributed by atoms with van der Waals surface area (Å²) in [7, 11) is 0. The molecule has 5 nitrogen and oxygen atoms in total. The van der Waals surface area contributed by atoms with E-state index in [0.29, 0.717) is 17.7 Å². The van der Waals surface area contributed by atoms with E-state index >= 15 is 0 Å². The average molecular weight is 307 g/mol. The second-order valence-electron chi connectivity index (χ2n) is 4.47. The Morgan fingerprint density at radius 3 is 2.67 bits per heavy atom. The first-order chi connectivity index (χ1) is 9.93. The van der Waals surface area contributed by atoms with Crippen molar-refractivity contribution in [1.29, 1.82) is 0 Å². The summed E-state index contributed by atoms with van der Waals surface area (Å²) in [6, 6.07) is 5.22. The van der Waals surface area contributed by atoms with Gasteiger partial charge in [0.2, 0.25) is 0 Å². The topological polar surface area (TPSA) is 70.0 Å². The standard InChI is InChI=1S/C14H14FN3O2S/c1-2-17-6-5-12(19)18(14(17)20)8-9-3-4-10(15)7-11(9)13(16)21/h3-7H,2,8H2,1H3,(H2,16,21). The molecule has 1 heterocycles. The van der Waals surface area contributed by atoms with E-state index in [1.807, 2.05) is 0 Å². The fourth-order valence-electron chi connectivity index (χ4n) is 2.03. The molecule has 0 aliphatic rings. The summed E-state index contributed by atoms with van der Waals surface area (Å²) in [5.74, 6) is -0.479. The Morgan fingerprint density at radius 1 is 1.33 bits per heavy atom. The van der Waals surface area contributed by atoms with Crippen molar-refractivity contribution in [1.82, 2.24) is 9.13 Å². The summed E-state index contributed by atoms with van der Waals surface area (Å²) in [4.78, 5) is 24.1. The number of thiocarbonyl (C=S) groups is 1. The number of hydrogen-bond donors (Lipinski definition) is 1. The lowest BCUT2D eigenvalue weighted by Gasteiger charge is -2.11. The van der Waals surface area contributed by atoms with E-state index in [1.165, 1.54) is 35.0 Å². The van der Waals surface area contributed by atoms with Crippen molar-refractivity contribution in [2.45, 2.75) is 20.0 Å². The minimum Gasteiger partial charge on any atom is -0.389 e. The molecule has 0 atom stereocenters. The summed E-state index contributed by atoms with van der Waals surface area (Å²) in [6.45, 7) is 2.24. The summed E-state index contributed by atoms with van der Waals surface area (Å²) < 4.78 is 15.8. The molecule has 0 saturated carbocycles. The van der Waals surface area contributed by atoms with Crippen LogP contribution in [-0.4, -0.2) is 14.1 Å². The molecule has 0 fully saturated rings. The Bertz CT molecular complexity index is 811. The Hall–Kier alpha value is -2.28. The highest BCUT2D eigenvalue weighted by atomic mass is 32.1. The molecule has 0 aliphatic carbocycles.